The van der Waals surface area contributed by atoms with Crippen molar-refractivity contribution in [2.24, 2.45) is 0 Å². The molecule has 1 fully saturated rings. The van der Waals surface area contributed by atoms with Gasteiger partial charge in [0.2, 0.25) is 0 Å². The zero-order valence-corrected chi connectivity index (χ0v) is 7.62. The van der Waals surface area contributed by atoms with E-state index in [1.165, 1.54) is 24.3 Å². The number of nitrogens with one attached hydrogen (secondary N) is 1. The van der Waals surface area contributed by atoms with Crippen molar-refractivity contribution in [3.8, 4) is 12.3 Å². The van der Waals surface area contributed by atoms with Gasteiger partial charge in [0.25, 0.3) is 0 Å². The van der Waals surface area contributed by atoms with Crippen LogP contribution in [-0.2, 0) is 0 Å². The summed E-state index contributed by atoms with van der Waals surface area (Å²) in [7, 11) is 0. The fourth-order valence-corrected chi connectivity index (χ4v) is 2.36. The second-order valence-corrected chi connectivity index (χ2v) is 4.02. The molecule has 0 spiro atoms. The number of thioether (sulfide) groups is 1. The van der Waals surface area contributed by atoms with Crippen molar-refractivity contribution in [2.75, 3.05) is 18.1 Å². The van der Waals surface area contributed by atoms with E-state index < -0.39 is 0 Å². The van der Waals surface area contributed by atoms with Crippen LogP contribution in [-0.4, -0.2) is 24.1 Å². The molecule has 0 aromatic rings. The van der Waals surface area contributed by atoms with E-state index in [0.717, 1.165) is 19.0 Å². The van der Waals surface area contributed by atoms with E-state index in [4.69, 9.17) is 6.42 Å². The SMILES string of the molecule is C#CCCNC1CCSCC1. The van der Waals surface area contributed by atoms with Gasteiger partial charge in [-0.1, -0.05) is 0 Å². The van der Waals surface area contributed by atoms with Gasteiger partial charge in [0.05, 0.1) is 0 Å². The Morgan fingerprint density at radius 2 is 2.18 bits per heavy atom. The summed E-state index contributed by atoms with van der Waals surface area (Å²) in [5.41, 5.74) is 0. The van der Waals surface area contributed by atoms with Crippen LogP contribution in [0.3, 0.4) is 0 Å². The van der Waals surface area contributed by atoms with Crippen molar-refractivity contribution in [2.45, 2.75) is 25.3 Å². The molecule has 0 aromatic heterocycles. The highest BCUT2D eigenvalue weighted by Gasteiger charge is 2.11. The summed E-state index contributed by atoms with van der Waals surface area (Å²) in [4.78, 5) is 0. The predicted octanol–water partition coefficient (Wildman–Crippen LogP) is 1.49. The molecular weight excluding hydrogens is 154 g/mol. The predicted molar refractivity (Wildman–Crippen MR) is 51.8 cm³/mol. The molecule has 0 atom stereocenters. The summed E-state index contributed by atoms with van der Waals surface area (Å²) >= 11 is 2.06. The van der Waals surface area contributed by atoms with Crippen LogP contribution in [0.2, 0.25) is 0 Å². The molecule has 1 saturated heterocycles. The minimum atomic E-state index is 0.740. The summed E-state index contributed by atoms with van der Waals surface area (Å²) < 4.78 is 0. The van der Waals surface area contributed by atoms with Crippen molar-refractivity contribution in [3.63, 3.8) is 0 Å². The third-order valence-electron chi connectivity index (χ3n) is 1.92. The van der Waals surface area contributed by atoms with Crippen LogP contribution in [0.4, 0.5) is 0 Å². The van der Waals surface area contributed by atoms with Crippen LogP contribution in [0.25, 0.3) is 0 Å². The van der Waals surface area contributed by atoms with Crippen LogP contribution < -0.4 is 5.32 Å². The van der Waals surface area contributed by atoms with E-state index >= 15 is 0 Å². The molecule has 0 saturated carbocycles. The van der Waals surface area contributed by atoms with Crippen molar-refractivity contribution in [1.29, 1.82) is 0 Å². The van der Waals surface area contributed by atoms with E-state index in [-0.39, 0.29) is 0 Å². The summed E-state index contributed by atoms with van der Waals surface area (Å²) in [6.45, 7) is 0.992. The highest BCUT2D eigenvalue weighted by atomic mass is 32.2. The molecule has 62 valence electrons. The third-order valence-corrected chi connectivity index (χ3v) is 2.97. The van der Waals surface area contributed by atoms with Gasteiger partial charge in [-0.15, -0.1) is 12.3 Å². The molecule has 11 heavy (non-hydrogen) atoms. The van der Waals surface area contributed by atoms with Gasteiger partial charge in [-0.3, -0.25) is 0 Å². The molecule has 0 radical (unpaired) electrons. The average molecular weight is 169 g/mol. The fraction of sp³-hybridized carbons (Fsp3) is 0.778. The van der Waals surface area contributed by atoms with Gasteiger partial charge in [0, 0.05) is 19.0 Å². The normalized spacial score (nSPS) is 19.5. The molecule has 1 aliphatic heterocycles. The lowest BCUT2D eigenvalue weighted by molar-refractivity contribution is 0.490. The van der Waals surface area contributed by atoms with E-state index in [1.807, 2.05) is 0 Å². The van der Waals surface area contributed by atoms with E-state index in [9.17, 15) is 0 Å². The number of hydrogen-bond donors (Lipinski definition) is 1. The lowest BCUT2D eigenvalue weighted by atomic mass is 10.1. The maximum absolute atomic E-state index is 5.15. The van der Waals surface area contributed by atoms with Gasteiger partial charge >= 0.3 is 0 Å². The van der Waals surface area contributed by atoms with Gasteiger partial charge in [-0.05, 0) is 24.3 Å². The second-order valence-electron chi connectivity index (χ2n) is 2.79. The van der Waals surface area contributed by atoms with Crippen LogP contribution in [0, 0.1) is 12.3 Å². The second kappa shape index (κ2) is 5.51. The smallest absolute Gasteiger partial charge is 0.0211 e. The van der Waals surface area contributed by atoms with Crippen LogP contribution >= 0.6 is 11.8 Å². The van der Waals surface area contributed by atoms with Crippen molar-refractivity contribution >= 4 is 11.8 Å². The Hall–Kier alpha value is -0.130. The quantitative estimate of drug-likeness (QED) is 0.507. The minimum Gasteiger partial charge on any atom is -0.313 e. The zero-order chi connectivity index (χ0) is 7.94. The summed E-state index contributed by atoms with van der Waals surface area (Å²) in [6, 6.07) is 0.740. The molecule has 1 nitrogen and oxygen atoms in total. The Balaban J connectivity index is 2.01. The zero-order valence-electron chi connectivity index (χ0n) is 6.81. The number of rotatable bonds is 3. The van der Waals surface area contributed by atoms with Gasteiger partial charge < -0.3 is 5.32 Å². The Morgan fingerprint density at radius 1 is 1.45 bits per heavy atom. The van der Waals surface area contributed by atoms with Gasteiger partial charge in [0.1, 0.15) is 0 Å². The molecule has 1 aliphatic rings. The van der Waals surface area contributed by atoms with E-state index in [1.54, 1.807) is 0 Å². The van der Waals surface area contributed by atoms with Gasteiger partial charge in [0.15, 0.2) is 0 Å². The van der Waals surface area contributed by atoms with Crippen LogP contribution in [0.5, 0.6) is 0 Å². The third kappa shape index (κ3) is 3.69. The molecule has 0 aromatic carbocycles. The summed E-state index contributed by atoms with van der Waals surface area (Å²) in [5, 5.41) is 3.47. The standard InChI is InChI=1S/C9H15NS/c1-2-3-6-10-9-4-7-11-8-5-9/h1,9-10H,3-8H2. The molecule has 0 aliphatic carbocycles. The monoisotopic (exact) mass is 169 g/mol. The summed E-state index contributed by atoms with van der Waals surface area (Å²) in [5.74, 6) is 5.27. The first-order chi connectivity index (χ1) is 5.43. The first-order valence-corrected chi connectivity index (χ1v) is 5.33. The molecule has 1 rings (SSSR count). The maximum Gasteiger partial charge on any atom is 0.0211 e. The van der Waals surface area contributed by atoms with Gasteiger partial charge in [-0.2, -0.15) is 11.8 Å². The van der Waals surface area contributed by atoms with Crippen LogP contribution in [0.1, 0.15) is 19.3 Å². The molecular formula is C9H15NS. The lowest BCUT2D eigenvalue weighted by Gasteiger charge is -2.21. The summed E-state index contributed by atoms with van der Waals surface area (Å²) in [6.07, 6.45) is 8.64. The first-order valence-electron chi connectivity index (χ1n) is 4.18. The largest absolute Gasteiger partial charge is 0.313 e. The number of hydrogen-bond acceptors (Lipinski definition) is 2. The first kappa shape index (κ1) is 8.96. The molecule has 2 heteroatoms. The molecule has 1 N–H and O–H groups in total. The van der Waals surface area contributed by atoms with Crippen LogP contribution in [0.15, 0.2) is 0 Å². The molecule has 1 heterocycles. The fourth-order valence-electron chi connectivity index (χ4n) is 1.25. The highest BCUT2D eigenvalue weighted by molar-refractivity contribution is 7.99. The molecule has 0 amide bonds. The highest BCUT2D eigenvalue weighted by Crippen LogP contribution is 2.16. The van der Waals surface area contributed by atoms with Gasteiger partial charge in [-0.25, -0.2) is 0 Å². The van der Waals surface area contributed by atoms with Crippen molar-refractivity contribution in [1.82, 2.24) is 5.32 Å². The Kier molecular flexibility index (Phi) is 4.49. The Labute approximate surface area is 73.3 Å². The van der Waals surface area contributed by atoms with Crippen molar-refractivity contribution in [3.05, 3.63) is 0 Å². The minimum absolute atomic E-state index is 0.740. The van der Waals surface area contributed by atoms with E-state index in [0.29, 0.717) is 0 Å². The van der Waals surface area contributed by atoms with E-state index in [2.05, 4.69) is 23.0 Å². The van der Waals surface area contributed by atoms with Crippen molar-refractivity contribution < 1.29 is 0 Å². The maximum atomic E-state index is 5.15. The lowest BCUT2D eigenvalue weighted by Crippen LogP contribution is -2.33. The molecule has 0 bridgehead atoms. The molecule has 0 unspecified atom stereocenters. The Morgan fingerprint density at radius 3 is 2.82 bits per heavy atom. The average Bonchev–Trinajstić information content (AvgIpc) is 2.07. The Bertz CT molecular complexity index is 133. The number of terminal acetylenes is 1. The topological polar surface area (TPSA) is 12.0 Å².